The van der Waals surface area contributed by atoms with E-state index >= 15 is 0 Å². The molecule has 3 rings (SSSR count). The molecule has 2 aromatic carbocycles. The highest BCUT2D eigenvalue weighted by atomic mass is 35.5. The van der Waals surface area contributed by atoms with Crippen LogP contribution in [-0.4, -0.2) is 19.3 Å². The minimum absolute atomic E-state index is 0.0707. The summed E-state index contributed by atoms with van der Waals surface area (Å²) in [7, 11) is -3.95. The third kappa shape index (κ3) is 3.07. The monoisotopic (exact) mass is 349 g/mol. The number of aromatic nitrogens is 1. The number of sulfonamides is 1. The standard InChI is InChI=1S/C15H12ClN3O3S/c16-12-6-2-4-8-14(12)23(21,22)19-18-15(20)11-9-17-13-7-3-1-5-10(11)13/h1-9,17,19H,(H,18,20). The number of fused-ring (bicyclic) bond motifs is 1. The van der Waals surface area contributed by atoms with E-state index < -0.39 is 15.9 Å². The highest BCUT2D eigenvalue weighted by Crippen LogP contribution is 2.20. The predicted molar refractivity (Wildman–Crippen MR) is 87.5 cm³/mol. The normalized spacial score (nSPS) is 11.5. The smallest absolute Gasteiger partial charge is 0.268 e. The summed E-state index contributed by atoms with van der Waals surface area (Å²) in [5, 5.41) is 0.767. The Hall–Kier alpha value is -2.35. The number of para-hydroxylation sites is 1. The van der Waals surface area contributed by atoms with E-state index in [-0.39, 0.29) is 9.92 Å². The van der Waals surface area contributed by atoms with Crippen LogP contribution in [-0.2, 0) is 10.0 Å². The average Bonchev–Trinajstić information content (AvgIpc) is 2.97. The molecule has 0 saturated heterocycles. The van der Waals surface area contributed by atoms with Gasteiger partial charge in [-0.1, -0.05) is 41.9 Å². The maximum Gasteiger partial charge on any atom is 0.268 e. The van der Waals surface area contributed by atoms with Gasteiger partial charge in [-0.2, -0.15) is 0 Å². The zero-order chi connectivity index (χ0) is 16.4. The van der Waals surface area contributed by atoms with E-state index in [0.29, 0.717) is 10.9 Å². The summed E-state index contributed by atoms with van der Waals surface area (Å²) in [4.78, 5) is 17.1. The Morgan fingerprint density at radius 2 is 1.74 bits per heavy atom. The van der Waals surface area contributed by atoms with Crippen LogP contribution < -0.4 is 10.3 Å². The summed E-state index contributed by atoms with van der Waals surface area (Å²) < 4.78 is 24.3. The number of hydrogen-bond acceptors (Lipinski definition) is 3. The van der Waals surface area contributed by atoms with Crippen molar-refractivity contribution in [2.24, 2.45) is 0 Å². The number of nitrogens with one attached hydrogen (secondary N) is 3. The van der Waals surface area contributed by atoms with Crippen molar-refractivity contribution in [1.82, 2.24) is 15.2 Å². The molecule has 0 radical (unpaired) electrons. The van der Waals surface area contributed by atoms with E-state index in [1.807, 2.05) is 17.0 Å². The maximum atomic E-state index is 12.2. The van der Waals surface area contributed by atoms with Gasteiger partial charge in [0.25, 0.3) is 15.9 Å². The zero-order valence-electron chi connectivity index (χ0n) is 11.7. The SMILES string of the molecule is O=C(NNS(=O)(=O)c1ccccc1Cl)c1c[nH]c2ccccc12. The van der Waals surface area contributed by atoms with Crippen molar-refractivity contribution in [3.63, 3.8) is 0 Å². The lowest BCUT2D eigenvalue weighted by atomic mass is 10.2. The van der Waals surface area contributed by atoms with Crippen LogP contribution in [0.4, 0.5) is 0 Å². The Labute approximate surface area is 137 Å². The summed E-state index contributed by atoms with van der Waals surface area (Å²) in [5.74, 6) is -0.571. The first-order valence-electron chi connectivity index (χ1n) is 6.62. The van der Waals surface area contributed by atoms with Crippen molar-refractivity contribution < 1.29 is 13.2 Å². The maximum absolute atomic E-state index is 12.2. The number of aromatic amines is 1. The molecule has 0 unspecified atom stereocenters. The summed E-state index contributed by atoms with van der Waals surface area (Å²) in [5.41, 5.74) is 3.31. The molecule has 0 aliphatic rings. The molecule has 0 bridgehead atoms. The predicted octanol–water partition coefficient (Wildman–Crippen LogP) is 2.44. The van der Waals surface area contributed by atoms with Gasteiger partial charge in [0.1, 0.15) is 4.90 Å². The number of amides is 1. The quantitative estimate of drug-likeness (QED) is 0.632. The van der Waals surface area contributed by atoms with Crippen LogP contribution in [0.2, 0.25) is 5.02 Å². The summed E-state index contributed by atoms with van der Waals surface area (Å²) in [6.07, 6.45) is 1.52. The molecule has 3 N–H and O–H groups in total. The van der Waals surface area contributed by atoms with Crippen LogP contribution >= 0.6 is 11.6 Å². The third-order valence-electron chi connectivity index (χ3n) is 3.26. The molecule has 6 nitrogen and oxygen atoms in total. The van der Waals surface area contributed by atoms with Crippen molar-refractivity contribution in [3.8, 4) is 0 Å². The van der Waals surface area contributed by atoms with Gasteiger partial charge in [-0.05, 0) is 18.2 Å². The van der Waals surface area contributed by atoms with Crippen LogP contribution in [0.5, 0.6) is 0 Å². The zero-order valence-corrected chi connectivity index (χ0v) is 13.3. The molecule has 8 heteroatoms. The van der Waals surface area contributed by atoms with Gasteiger partial charge in [-0.3, -0.25) is 10.2 Å². The summed E-state index contributed by atoms with van der Waals surface area (Å²) in [6, 6.07) is 13.2. The fourth-order valence-electron chi connectivity index (χ4n) is 2.16. The first-order chi connectivity index (χ1) is 11.0. The summed E-state index contributed by atoms with van der Waals surface area (Å²) >= 11 is 5.86. The largest absolute Gasteiger partial charge is 0.360 e. The molecule has 3 aromatic rings. The Morgan fingerprint density at radius 3 is 2.52 bits per heavy atom. The summed E-state index contributed by atoms with van der Waals surface area (Å²) in [6.45, 7) is 0. The molecule has 1 aromatic heterocycles. The molecule has 0 saturated carbocycles. The number of hydrogen-bond donors (Lipinski definition) is 3. The number of rotatable bonds is 4. The number of carbonyl (C=O) groups excluding carboxylic acids is 1. The van der Waals surface area contributed by atoms with Crippen molar-refractivity contribution in [2.75, 3.05) is 0 Å². The fraction of sp³-hybridized carbons (Fsp3) is 0. The topological polar surface area (TPSA) is 91.1 Å². The second-order valence-corrected chi connectivity index (χ2v) is 6.80. The van der Waals surface area contributed by atoms with E-state index in [0.717, 1.165) is 5.52 Å². The van der Waals surface area contributed by atoms with Gasteiger partial charge < -0.3 is 4.98 Å². The number of halogens is 1. The Morgan fingerprint density at radius 1 is 1.04 bits per heavy atom. The highest BCUT2D eigenvalue weighted by molar-refractivity contribution is 7.89. The van der Waals surface area contributed by atoms with Crippen molar-refractivity contribution >= 4 is 38.4 Å². The molecule has 1 amide bonds. The first kappa shape index (κ1) is 15.5. The van der Waals surface area contributed by atoms with Gasteiger partial charge in [-0.25, -0.2) is 8.42 Å². The van der Waals surface area contributed by atoms with Crippen LogP contribution in [0.3, 0.4) is 0 Å². The van der Waals surface area contributed by atoms with Crippen molar-refractivity contribution in [3.05, 3.63) is 65.3 Å². The second-order valence-electron chi connectivity index (χ2n) is 4.74. The average molecular weight is 350 g/mol. The van der Waals surface area contributed by atoms with Gasteiger partial charge in [0.2, 0.25) is 0 Å². The number of hydrazine groups is 1. The van der Waals surface area contributed by atoms with E-state index in [2.05, 4.69) is 10.4 Å². The Balaban J connectivity index is 1.80. The molecule has 0 aliphatic heterocycles. The van der Waals surface area contributed by atoms with Gasteiger partial charge in [0.05, 0.1) is 10.6 Å². The second kappa shape index (κ2) is 6.04. The Bertz CT molecular complexity index is 982. The molecule has 0 fully saturated rings. The van der Waals surface area contributed by atoms with Crippen LogP contribution in [0.15, 0.2) is 59.6 Å². The molecule has 0 aliphatic carbocycles. The van der Waals surface area contributed by atoms with Gasteiger partial charge in [-0.15, -0.1) is 4.83 Å². The van der Waals surface area contributed by atoms with Crippen LogP contribution in [0.25, 0.3) is 10.9 Å². The number of benzene rings is 2. The van der Waals surface area contributed by atoms with Crippen LogP contribution in [0.1, 0.15) is 10.4 Å². The van der Waals surface area contributed by atoms with Crippen molar-refractivity contribution in [2.45, 2.75) is 4.90 Å². The van der Waals surface area contributed by atoms with E-state index in [4.69, 9.17) is 11.6 Å². The van der Waals surface area contributed by atoms with E-state index in [1.165, 1.54) is 18.3 Å². The lowest BCUT2D eigenvalue weighted by Crippen LogP contribution is -2.41. The molecule has 23 heavy (non-hydrogen) atoms. The van der Waals surface area contributed by atoms with E-state index in [9.17, 15) is 13.2 Å². The third-order valence-corrected chi connectivity index (χ3v) is 5.01. The van der Waals surface area contributed by atoms with Gasteiger partial charge in [0.15, 0.2) is 0 Å². The highest BCUT2D eigenvalue weighted by Gasteiger charge is 2.19. The van der Waals surface area contributed by atoms with Crippen LogP contribution in [0, 0.1) is 0 Å². The Kier molecular flexibility index (Phi) is 4.08. The fourth-order valence-corrected chi connectivity index (χ4v) is 3.52. The minimum atomic E-state index is -3.95. The number of carbonyl (C=O) groups is 1. The van der Waals surface area contributed by atoms with Crippen molar-refractivity contribution in [1.29, 1.82) is 0 Å². The first-order valence-corrected chi connectivity index (χ1v) is 8.48. The molecular weight excluding hydrogens is 338 g/mol. The molecule has 0 spiro atoms. The number of H-pyrrole nitrogens is 1. The minimum Gasteiger partial charge on any atom is -0.360 e. The lowest BCUT2D eigenvalue weighted by Gasteiger charge is -2.09. The molecule has 1 heterocycles. The molecule has 0 atom stereocenters. The molecular formula is C15H12ClN3O3S. The van der Waals surface area contributed by atoms with Gasteiger partial charge in [0, 0.05) is 17.1 Å². The molecule has 118 valence electrons. The lowest BCUT2D eigenvalue weighted by molar-refractivity contribution is 0.0947. The van der Waals surface area contributed by atoms with Gasteiger partial charge >= 0.3 is 0 Å². The van der Waals surface area contributed by atoms with E-state index in [1.54, 1.807) is 24.3 Å².